The van der Waals surface area contributed by atoms with Gasteiger partial charge in [0.05, 0.1) is 13.2 Å². The molecule has 0 aliphatic carbocycles. The summed E-state index contributed by atoms with van der Waals surface area (Å²) in [6.45, 7) is 3.86. The molecule has 0 saturated heterocycles. The van der Waals surface area contributed by atoms with Crippen LogP contribution in [0, 0.1) is 12.7 Å². The molecule has 2 aromatic carbocycles. The third-order valence-electron chi connectivity index (χ3n) is 3.23. The third-order valence-corrected chi connectivity index (χ3v) is 3.23. The smallest absolute Gasteiger partial charge is 0.165 e. The van der Waals surface area contributed by atoms with Crippen molar-refractivity contribution in [2.45, 2.75) is 26.6 Å². The van der Waals surface area contributed by atoms with Crippen LogP contribution in [0.3, 0.4) is 0 Å². The summed E-state index contributed by atoms with van der Waals surface area (Å²) >= 11 is 0. The van der Waals surface area contributed by atoms with Crippen molar-refractivity contribution in [3.05, 3.63) is 58.9 Å². The van der Waals surface area contributed by atoms with Crippen LogP contribution in [0.4, 0.5) is 4.39 Å². The van der Waals surface area contributed by atoms with Crippen LogP contribution in [0.15, 0.2) is 36.4 Å². The molecule has 0 radical (unpaired) electrons. The van der Waals surface area contributed by atoms with E-state index in [-0.39, 0.29) is 12.4 Å². The molecule has 0 saturated carbocycles. The van der Waals surface area contributed by atoms with E-state index in [1.165, 1.54) is 13.2 Å². The number of hydrogen-bond donors (Lipinski definition) is 1. The first kappa shape index (κ1) is 15.3. The Hall–Kier alpha value is -2.07. The molecule has 0 aromatic heterocycles. The summed E-state index contributed by atoms with van der Waals surface area (Å²) in [5, 5.41) is 9.75. The van der Waals surface area contributed by atoms with Gasteiger partial charge in [-0.25, -0.2) is 4.39 Å². The molecule has 0 amide bonds. The van der Waals surface area contributed by atoms with Gasteiger partial charge in [0.15, 0.2) is 11.6 Å². The Morgan fingerprint density at radius 3 is 2.52 bits per heavy atom. The first-order valence-corrected chi connectivity index (χ1v) is 6.75. The lowest BCUT2D eigenvalue weighted by Crippen LogP contribution is -2.02. The van der Waals surface area contributed by atoms with Gasteiger partial charge >= 0.3 is 0 Å². The lowest BCUT2D eigenvalue weighted by atomic mass is 10.1. The molecule has 0 aliphatic rings. The summed E-state index contributed by atoms with van der Waals surface area (Å²) in [5.41, 5.74) is 2.45. The zero-order chi connectivity index (χ0) is 15.4. The molecular weight excluding hydrogens is 271 g/mol. The van der Waals surface area contributed by atoms with Crippen molar-refractivity contribution in [2.75, 3.05) is 7.11 Å². The van der Waals surface area contributed by atoms with E-state index in [0.29, 0.717) is 11.3 Å². The zero-order valence-electron chi connectivity index (χ0n) is 12.4. The fourth-order valence-electron chi connectivity index (χ4n) is 2.07. The average Bonchev–Trinajstić information content (AvgIpc) is 2.45. The molecule has 0 unspecified atom stereocenters. The SMILES string of the molecule is COc1ccc(COc2cc(C)ccc2[C@H](C)O)cc1F. The van der Waals surface area contributed by atoms with Crippen molar-refractivity contribution in [2.24, 2.45) is 0 Å². The Bertz CT molecular complexity index is 623. The molecule has 1 N–H and O–H groups in total. The van der Waals surface area contributed by atoms with E-state index in [1.54, 1.807) is 19.1 Å². The average molecular weight is 290 g/mol. The predicted octanol–water partition coefficient (Wildman–Crippen LogP) is 3.78. The molecule has 2 rings (SSSR count). The van der Waals surface area contributed by atoms with Crippen molar-refractivity contribution in [1.29, 1.82) is 0 Å². The Morgan fingerprint density at radius 1 is 1.14 bits per heavy atom. The molecule has 0 fully saturated rings. The number of aliphatic hydroxyl groups excluding tert-OH is 1. The van der Waals surface area contributed by atoms with Crippen LogP contribution in [0.5, 0.6) is 11.5 Å². The highest BCUT2D eigenvalue weighted by Crippen LogP contribution is 2.27. The van der Waals surface area contributed by atoms with Crippen molar-refractivity contribution in [3.8, 4) is 11.5 Å². The molecule has 112 valence electrons. The predicted molar refractivity (Wildman–Crippen MR) is 79.1 cm³/mol. The molecule has 2 aromatic rings. The zero-order valence-corrected chi connectivity index (χ0v) is 12.4. The van der Waals surface area contributed by atoms with Crippen LogP contribution in [0.2, 0.25) is 0 Å². The lowest BCUT2D eigenvalue weighted by Gasteiger charge is -2.14. The van der Waals surface area contributed by atoms with E-state index in [9.17, 15) is 9.50 Å². The Balaban J connectivity index is 2.16. The van der Waals surface area contributed by atoms with Crippen LogP contribution < -0.4 is 9.47 Å². The molecule has 21 heavy (non-hydrogen) atoms. The van der Waals surface area contributed by atoms with Crippen LogP contribution in [0.25, 0.3) is 0 Å². The fourth-order valence-corrected chi connectivity index (χ4v) is 2.07. The van der Waals surface area contributed by atoms with Gasteiger partial charge in [-0.3, -0.25) is 0 Å². The van der Waals surface area contributed by atoms with E-state index < -0.39 is 11.9 Å². The van der Waals surface area contributed by atoms with Crippen molar-refractivity contribution >= 4 is 0 Å². The monoisotopic (exact) mass is 290 g/mol. The standard InChI is InChI=1S/C17H19FO3/c1-11-4-6-14(12(2)19)17(8-11)21-10-13-5-7-16(20-3)15(18)9-13/h4-9,12,19H,10H2,1-3H3/t12-/m0/s1. The number of methoxy groups -OCH3 is 1. The number of aryl methyl sites for hydroxylation is 1. The quantitative estimate of drug-likeness (QED) is 0.911. The molecule has 3 nitrogen and oxygen atoms in total. The van der Waals surface area contributed by atoms with Gasteiger partial charge in [0.1, 0.15) is 12.4 Å². The largest absolute Gasteiger partial charge is 0.494 e. The maximum absolute atomic E-state index is 13.6. The summed E-state index contributed by atoms with van der Waals surface area (Å²) in [6.07, 6.45) is -0.617. The maximum Gasteiger partial charge on any atom is 0.165 e. The van der Waals surface area contributed by atoms with Gasteiger partial charge in [0, 0.05) is 5.56 Å². The number of aliphatic hydroxyl groups is 1. The summed E-state index contributed by atoms with van der Waals surface area (Å²) in [6, 6.07) is 10.3. The van der Waals surface area contributed by atoms with E-state index in [0.717, 1.165) is 11.1 Å². The van der Waals surface area contributed by atoms with Crippen LogP contribution >= 0.6 is 0 Å². The van der Waals surface area contributed by atoms with Gasteiger partial charge in [-0.05, 0) is 43.2 Å². The number of benzene rings is 2. The van der Waals surface area contributed by atoms with E-state index in [4.69, 9.17) is 9.47 Å². The first-order valence-electron chi connectivity index (χ1n) is 6.75. The Morgan fingerprint density at radius 2 is 1.90 bits per heavy atom. The highest BCUT2D eigenvalue weighted by atomic mass is 19.1. The normalized spacial score (nSPS) is 12.0. The minimum Gasteiger partial charge on any atom is -0.494 e. The molecule has 0 heterocycles. The second-order valence-corrected chi connectivity index (χ2v) is 4.97. The van der Waals surface area contributed by atoms with Crippen molar-refractivity contribution in [1.82, 2.24) is 0 Å². The summed E-state index contributed by atoms with van der Waals surface area (Å²) < 4.78 is 24.2. The molecule has 4 heteroatoms. The topological polar surface area (TPSA) is 38.7 Å². The number of halogens is 1. The molecule has 0 aliphatic heterocycles. The Kier molecular flexibility index (Phi) is 4.81. The first-order chi connectivity index (χ1) is 10.0. The minimum absolute atomic E-state index is 0.207. The van der Waals surface area contributed by atoms with Crippen molar-refractivity contribution in [3.63, 3.8) is 0 Å². The third kappa shape index (κ3) is 3.73. The van der Waals surface area contributed by atoms with Gasteiger partial charge in [0.25, 0.3) is 0 Å². The highest BCUT2D eigenvalue weighted by molar-refractivity contribution is 5.38. The van der Waals surface area contributed by atoms with Crippen LogP contribution in [-0.4, -0.2) is 12.2 Å². The van der Waals surface area contributed by atoms with Gasteiger partial charge < -0.3 is 14.6 Å². The molecular formula is C17H19FO3. The van der Waals surface area contributed by atoms with E-state index in [1.807, 2.05) is 25.1 Å². The highest BCUT2D eigenvalue weighted by Gasteiger charge is 2.10. The summed E-state index contributed by atoms with van der Waals surface area (Å²) in [5.74, 6) is 0.402. The molecule has 0 bridgehead atoms. The van der Waals surface area contributed by atoms with Crippen molar-refractivity contribution < 1.29 is 19.0 Å². The molecule has 0 spiro atoms. The second-order valence-electron chi connectivity index (χ2n) is 4.97. The second kappa shape index (κ2) is 6.59. The van der Waals surface area contributed by atoms with Crippen LogP contribution in [0.1, 0.15) is 29.7 Å². The maximum atomic E-state index is 13.6. The van der Waals surface area contributed by atoms with Crippen LogP contribution in [-0.2, 0) is 6.61 Å². The van der Waals surface area contributed by atoms with E-state index >= 15 is 0 Å². The van der Waals surface area contributed by atoms with Gasteiger partial charge in [0.2, 0.25) is 0 Å². The van der Waals surface area contributed by atoms with E-state index in [2.05, 4.69) is 0 Å². The van der Waals surface area contributed by atoms with Gasteiger partial charge in [-0.2, -0.15) is 0 Å². The number of rotatable bonds is 5. The Labute approximate surface area is 124 Å². The summed E-state index contributed by atoms with van der Waals surface area (Å²) in [7, 11) is 1.43. The number of ether oxygens (including phenoxy) is 2. The molecule has 1 atom stereocenters. The summed E-state index contributed by atoms with van der Waals surface area (Å²) in [4.78, 5) is 0. The van der Waals surface area contributed by atoms with Gasteiger partial charge in [-0.15, -0.1) is 0 Å². The lowest BCUT2D eigenvalue weighted by molar-refractivity contribution is 0.190. The minimum atomic E-state index is -0.617. The number of hydrogen-bond acceptors (Lipinski definition) is 3. The fraction of sp³-hybridized carbons (Fsp3) is 0.294. The van der Waals surface area contributed by atoms with Gasteiger partial charge in [-0.1, -0.05) is 18.2 Å².